The average molecular weight is 228 g/mol. The van der Waals surface area contributed by atoms with E-state index in [0.717, 1.165) is 12.1 Å². The lowest BCUT2D eigenvalue weighted by molar-refractivity contribution is 0.297. The Balaban J connectivity index is 1.79. The first-order chi connectivity index (χ1) is 7.05. The molecule has 2 heterocycles. The summed E-state index contributed by atoms with van der Waals surface area (Å²) in [6.45, 7) is 7.30. The summed E-state index contributed by atoms with van der Waals surface area (Å²) in [5, 5.41) is 3.84. The van der Waals surface area contributed by atoms with Gasteiger partial charge in [0.05, 0.1) is 0 Å². The minimum Gasteiger partial charge on any atom is -0.309 e. The van der Waals surface area contributed by atoms with Crippen LogP contribution >= 0.6 is 11.8 Å². The van der Waals surface area contributed by atoms with Crippen molar-refractivity contribution in [3.63, 3.8) is 0 Å². The highest BCUT2D eigenvalue weighted by Crippen LogP contribution is 2.33. The second-order valence-electron chi connectivity index (χ2n) is 5.99. The van der Waals surface area contributed by atoms with Crippen LogP contribution in [0.4, 0.5) is 0 Å². The maximum absolute atomic E-state index is 3.84. The monoisotopic (exact) mass is 228 g/mol. The molecule has 2 atom stereocenters. The fraction of sp³-hybridized carbons (Fsp3) is 1.00. The molecule has 0 aromatic rings. The van der Waals surface area contributed by atoms with Crippen molar-refractivity contribution in [2.45, 2.75) is 38.8 Å². The van der Waals surface area contributed by atoms with Gasteiger partial charge in [0, 0.05) is 24.4 Å². The topological polar surface area (TPSA) is 15.3 Å². The van der Waals surface area contributed by atoms with E-state index in [1.807, 2.05) is 0 Å². The summed E-state index contributed by atoms with van der Waals surface area (Å²) in [5.74, 6) is 2.64. The number of thioether (sulfide) groups is 1. The van der Waals surface area contributed by atoms with Crippen molar-refractivity contribution in [2.24, 2.45) is 5.41 Å². The van der Waals surface area contributed by atoms with Gasteiger partial charge in [-0.25, -0.2) is 0 Å². The van der Waals surface area contributed by atoms with E-state index in [0.29, 0.717) is 5.41 Å². The molecule has 0 radical (unpaired) electrons. The van der Waals surface area contributed by atoms with E-state index in [2.05, 4.69) is 42.9 Å². The van der Waals surface area contributed by atoms with Gasteiger partial charge >= 0.3 is 0 Å². The average Bonchev–Trinajstić information content (AvgIpc) is 2.49. The number of hydrogen-bond donors (Lipinski definition) is 1. The van der Waals surface area contributed by atoms with Crippen molar-refractivity contribution in [3.05, 3.63) is 0 Å². The molecule has 0 aromatic heterocycles. The minimum atomic E-state index is 0.533. The summed E-state index contributed by atoms with van der Waals surface area (Å²) < 4.78 is 0. The second-order valence-corrected chi connectivity index (χ2v) is 7.03. The molecule has 15 heavy (non-hydrogen) atoms. The van der Waals surface area contributed by atoms with Crippen LogP contribution in [0.2, 0.25) is 0 Å². The number of likely N-dealkylation sites (tertiary alicyclic amines) is 1. The van der Waals surface area contributed by atoms with E-state index in [1.54, 1.807) is 0 Å². The van der Waals surface area contributed by atoms with Gasteiger partial charge in [-0.15, -0.1) is 0 Å². The normalized spacial score (nSPS) is 37.0. The van der Waals surface area contributed by atoms with Crippen LogP contribution in [0.25, 0.3) is 0 Å². The highest BCUT2D eigenvalue weighted by atomic mass is 32.2. The molecule has 0 saturated carbocycles. The van der Waals surface area contributed by atoms with Crippen LogP contribution in [0.15, 0.2) is 0 Å². The number of nitrogens with zero attached hydrogens (tertiary/aromatic N) is 1. The number of rotatable bonds is 2. The molecule has 0 bridgehead atoms. The Morgan fingerprint density at radius 3 is 2.73 bits per heavy atom. The Kier molecular flexibility index (Phi) is 3.63. The molecule has 2 nitrogen and oxygen atoms in total. The summed E-state index contributed by atoms with van der Waals surface area (Å²) >= 11 is 2.12. The number of hydrogen-bond acceptors (Lipinski definition) is 3. The first kappa shape index (κ1) is 11.7. The Hall–Kier alpha value is 0.270. The predicted molar refractivity (Wildman–Crippen MR) is 68.5 cm³/mol. The van der Waals surface area contributed by atoms with E-state index < -0.39 is 0 Å². The lowest BCUT2D eigenvalue weighted by Crippen LogP contribution is -2.46. The molecular formula is C12H24N2S. The summed E-state index contributed by atoms with van der Waals surface area (Å²) in [5.41, 5.74) is 0.533. The zero-order valence-corrected chi connectivity index (χ0v) is 11.1. The molecular weight excluding hydrogens is 204 g/mol. The van der Waals surface area contributed by atoms with Crippen molar-refractivity contribution >= 4 is 11.8 Å². The van der Waals surface area contributed by atoms with E-state index in [-0.39, 0.29) is 0 Å². The molecule has 0 aliphatic carbocycles. The van der Waals surface area contributed by atoms with Crippen molar-refractivity contribution in [2.75, 3.05) is 31.6 Å². The van der Waals surface area contributed by atoms with Crippen molar-refractivity contribution < 1.29 is 0 Å². The van der Waals surface area contributed by atoms with Crippen LogP contribution in [0.5, 0.6) is 0 Å². The maximum Gasteiger partial charge on any atom is 0.0209 e. The zero-order chi connectivity index (χ0) is 10.9. The predicted octanol–water partition coefficient (Wildman–Crippen LogP) is 1.81. The lowest BCUT2D eigenvalue weighted by Gasteiger charge is -2.36. The third-order valence-corrected chi connectivity index (χ3v) is 5.10. The van der Waals surface area contributed by atoms with E-state index in [4.69, 9.17) is 0 Å². The summed E-state index contributed by atoms with van der Waals surface area (Å²) in [4.78, 5) is 2.43. The Morgan fingerprint density at radius 1 is 1.33 bits per heavy atom. The van der Waals surface area contributed by atoms with Gasteiger partial charge in [0.15, 0.2) is 0 Å². The van der Waals surface area contributed by atoms with Crippen LogP contribution in [-0.4, -0.2) is 48.6 Å². The Morgan fingerprint density at radius 2 is 2.13 bits per heavy atom. The first-order valence-electron chi connectivity index (χ1n) is 6.07. The Bertz CT molecular complexity index is 218. The first-order valence-corrected chi connectivity index (χ1v) is 7.23. The Labute approximate surface area is 98.2 Å². The van der Waals surface area contributed by atoms with Crippen LogP contribution in [-0.2, 0) is 0 Å². The third-order valence-electron chi connectivity index (χ3n) is 3.47. The molecule has 1 N–H and O–H groups in total. The van der Waals surface area contributed by atoms with Crippen LogP contribution < -0.4 is 5.32 Å². The van der Waals surface area contributed by atoms with Crippen LogP contribution in [0, 0.1) is 5.41 Å². The third kappa shape index (κ3) is 3.36. The molecule has 2 saturated heterocycles. The lowest BCUT2D eigenvalue weighted by atomic mass is 9.87. The molecule has 2 unspecified atom stereocenters. The van der Waals surface area contributed by atoms with Gasteiger partial charge in [0.25, 0.3) is 0 Å². The van der Waals surface area contributed by atoms with E-state index in [1.165, 1.54) is 37.4 Å². The van der Waals surface area contributed by atoms with Crippen LogP contribution in [0.1, 0.15) is 26.7 Å². The highest BCUT2D eigenvalue weighted by molar-refractivity contribution is 7.99. The van der Waals surface area contributed by atoms with Crippen LogP contribution in [0.3, 0.4) is 0 Å². The SMILES string of the molecule is CN1CCC(NC2CSCC(C)(C)C2)C1. The molecule has 3 heteroatoms. The van der Waals surface area contributed by atoms with Crippen molar-refractivity contribution in [1.29, 1.82) is 0 Å². The zero-order valence-electron chi connectivity index (χ0n) is 10.3. The van der Waals surface area contributed by atoms with Gasteiger partial charge in [-0.2, -0.15) is 11.8 Å². The minimum absolute atomic E-state index is 0.533. The standard InChI is InChI=1S/C12H24N2S/c1-12(2)6-11(8-15-9-12)13-10-4-5-14(3)7-10/h10-11,13H,4-9H2,1-3H3. The van der Waals surface area contributed by atoms with Gasteiger partial charge < -0.3 is 10.2 Å². The second kappa shape index (κ2) is 4.64. The number of likely N-dealkylation sites (N-methyl/N-ethyl adjacent to an activating group) is 1. The van der Waals surface area contributed by atoms with Gasteiger partial charge in [-0.3, -0.25) is 0 Å². The summed E-state index contributed by atoms with van der Waals surface area (Å²) in [6.07, 6.45) is 2.68. The van der Waals surface area contributed by atoms with Gasteiger partial charge in [-0.05, 0) is 37.6 Å². The van der Waals surface area contributed by atoms with Gasteiger partial charge in [-0.1, -0.05) is 13.8 Å². The number of nitrogens with one attached hydrogen (secondary N) is 1. The van der Waals surface area contributed by atoms with Gasteiger partial charge in [0.1, 0.15) is 0 Å². The van der Waals surface area contributed by atoms with Crippen molar-refractivity contribution in [3.8, 4) is 0 Å². The fourth-order valence-corrected chi connectivity index (χ4v) is 4.06. The molecule has 0 aromatic carbocycles. The molecule has 0 amide bonds. The van der Waals surface area contributed by atoms with E-state index >= 15 is 0 Å². The highest BCUT2D eigenvalue weighted by Gasteiger charge is 2.30. The van der Waals surface area contributed by atoms with Gasteiger partial charge in [0.2, 0.25) is 0 Å². The quantitative estimate of drug-likeness (QED) is 0.776. The maximum atomic E-state index is 3.84. The summed E-state index contributed by atoms with van der Waals surface area (Å²) in [7, 11) is 2.22. The smallest absolute Gasteiger partial charge is 0.0209 e. The molecule has 88 valence electrons. The molecule has 2 rings (SSSR count). The fourth-order valence-electron chi connectivity index (χ4n) is 2.77. The summed E-state index contributed by atoms with van der Waals surface area (Å²) in [6, 6.07) is 1.49. The molecule has 2 aliphatic heterocycles. The molecule has 2 aliphatic rings. The van der Waals surface area contributed by atoms with E-state index in [9.17, 15) is 0 Å². The molecule has 0 spiro atoms. The molecule has 2 fully saturated rings. The van der Waals surface area contributed by atoms with Crippen molar-refractivity contribution in [1.82, 2.24) is 10.2 Å². The largest absolute Gasteiger partial charge is 0.309 e.